The quantitative estimate of drug-likeness (QED) is 0.586. The third kappa shape index (κ3) is 3.73. The lowest BCUT2D eigenvalue weighted by Gasteiger charge is -2.21. The van der Waals surface area contributed by atoms with Gasteiger partial charge in [-0.3, -0.25) is 19.4 Å². The summed E-state index contributed by atoms with van der Waals surface area (Å²) in [6.07, 6.45) is 0. The molecule has 8 heteroatoms. The second kappa shape index (κ2) is 7.99. The molecule has 1 N–H and O–H groups in total. The Balaban J connectivity index is 1.53. The number of aliphatic imine (C=N–C) groups is 1. The molecular formula is C25H20N4O3S. The van der Waals surface area contributed by atoms with Gasteiger partial charge in [0.25, 0.3) is 17.7 Å². The topological polar surface area (TPSA) is 82.1 Å². The van der Waals surface area contributed by atoms with Crippen molar-refractivity contribution in [2.45, 2.75) is 18.7 Å². The number of nitrogens with zero attached hydrogens (tertiary/aromatic N) is 3. The fraction of sp³-hybridized carbons (Fsp3) is 0.120. The Hall–Kier alpha value is -3.75. The van der Waals surface area contributed by atoms with E-state index in [0.717, 1.165) is 10.6 Å². The van der Waals surface area contributed by atoms with Crippen LogP contribution in [0, 0.1) is 0 Å². The number of carbonyl (C=O) groups excluding carboxylic acids is 3. The molecule has 2 aliphatic rings. The van der Waals surface area contributed by atoms with Crippen LogP contribution < -0.4 is 15.3 Å². The highest BCUT2D eigenvalue weighted by Gasteiger charge is 2.39. The molecule has 1 saturated heterocycles. The number of nitrogens with one attached hydrogen (secondary N) is 1. The number of amides is 3. The highest BCUT2D eigenvalue weighted by atomic mass is 32.2. The highest BCUT2D eigenvalue weighted by molar-refractivity contribution is 8.15. The summed E-state index contributed by atoms with van der Waals surface area (Å²) >= 11 is 1.42. The normalized spacial score (nSPS) is 18.2. The predicted molar refractivity (Wildman–Crippen MR) is 130 cm³/mol. The summed E-state index contributed by atoms with van der Waals surface area (Å²) in [6.45, 7) is 3.99. The lowest BCUT2D eigenvalue weighted by molar-refractivity contribution is 0.0926. The number of rotatable bonds is 3. The van der Waals surface area contributed by atoms with Crippen molar-refractivity contribution in [3.63, 3.8) is 0 Å². The monoisotopic (exact) mass is 456 g/mol. The molecular weight excluding hydrogens is 436 g/mol. The fourth-order valence-electron chi connectivity index (χ4n) is 3.84. The van der Waals surface area contributed by atoms with E-state index in [9.17, 15) is 14.4 Å². The molecule has 0 radical (unpaired) electrons. The summed E-state index contributed by atoms with van der Waals surface area (Å²) in [5.41, 5.74) is 5.23. The first-order valence-corrected chi connectivity index (χ1v) is 11.2. The molecule has 0 bridgehead atoms. The second-order valence-electron chi connectivity index (χ2n) is 8.10. The Morgan fingerprint density at radius 3 is 2.09 bits per heavy atom. The molecule has 0 saturated carbocycles. The number of fused-ring (bicyclic) bond motifs is 1. The summed E-state index contributed by atoms with van der Waals surface area (Å²) in [4.78, 5) is 44.4. The van der Waals surface area contributed by atoms with Crippen LogP contribution in [-0.2, 0) is 0 Å². The Morgan fingerprint density at radius 1 is 0.848 bits per heavy atom. The Bertz CT molecular complexity index is 1280. The molecule has 0 unspecified atom stereocenters. The number of benzene rings is 3. The molecule has 0 atom stereocenters. The second-order valence-corrected chi connectivity index (χ2v) is 9.69. The summed E-state index contributed by atoms with van der Waals surface area (Å²) in [6, 6.07) is 22.8. The van der Waals surface area contributed by atoms with Gasteiger partial charge in [0.15, 0.2) is 5.17 Å². The van der Waals surface area contributed by atoms with Crippen LogP contribution in [0.15, 0.2) is 83.9 Å². The zero-order chi connectivity index (χ0) is 23.2. The van der Waals surface area contributed by atoms with E-state index < -0.39 is 17.7 Å². The van der Waals surface area contributed by atoms with Gasteiger partial charge in [0, 0.05) is 0 Å². The van der Waals surface area contributed by atoms with Crippen molar-refractivity contribution in [2.24, 2.45) is 4.99 Å². The molecule has 33 heavy (non-hydrogen) atoms. The molecule has 3 aromatic rings. The predicted octanol–water partition coefficient (Wildman–Crippen LogP) is 4.48. The lowest BCUT2D eigenvalue weighted by atomic mass is 10.1. The number of carbonyl (C=O) groups is 3. The number of hydrogen-bond acceptors (Lipinski definition) is 5. The SMILES string of the molecule is CC1(C)NN(c2ccccc2)C(=NC(=O)c2ccccc2N2C(=O)c3ccccc3C2=O)S1. The zero-order valence-corrected chi connectivity index (χ0v) is 18.8. The molecule has 2 aliphatic heterocycles. The number of para-hydroxylation sites is 2. The summed E-state index contributed by atoms with van der Waals surface area (Å²) in [5.74, 6) is -1.44. The first kappa shape index (κ1) is 21.1. The van der Waals surface area contributed by atoms with Crippen LogP contribution in [-0.4, -0.2) is 27.8 Å². The maximum Gasteiger partial charge on any atom is 0.281 e. The van der Waals surface area contributed by atoms with Gasteiger partial charge in [-0.25, -0.2) is 10.3 Å². The van der Waals surface area contributed by atoms with Crippen LogP contribution in [0.3, 0.4) is 0 Å². The molecule has 2 heterocycles. The van der Waals surface area contributed by atoms with Crippen molar-refractivity contribution >= 4 is 46.0 Å². The van der Waals surface area contributed by atoms with Crippen LogP contribution >= 0.6 is 11.8 Å². The van der Waals surface area contributed by atoms with E-state index in [1.807, 2.05) is 44.2 Å². The van der Waals surface area contributed by atoms with Gasteiger partial charge >= 0.3 is 0 Å². The molecule has 0 spiro atoms. The molecule has 0 aliphatic carbocycles. The van der Waals surface area contributed by atoms with Gasteiger partial charge in [0.05, 0.1) is 32.9 Å². The third-order valence-electron chi connectivity index (χ3n) is 5.30. The van der Waals surface area contributed by atoms with Crippen LogP contribution in [0.4, 0.5) is 11.4 Å². The maximum absolute atomic E-state index is 13.3. The first-order valence-electron chi connectivity index (χ1n) is 10.4. The van der Waals surface area contributed by atoms with Crippen molar-refractivity contribution in [3.8, 4) is 0 Å². The maximum atomic E-state index is 13.3. The van der Waals surface area contributed by atoms with Crippen molar-refractivity contribution < 1.29 is 14.4 Å². The van der Waals surface area contributed by atoms with Gasteiger partial charge in [0.2, 0.25) is 0 Å². The van der Waals surface area contributed by atoms with Crippen LogP contribution in [0.5, 0.6) is 0 Å². The molecule has 164 valence electrons. The number of hydrogen-bond donors (Lipinski definition) is 1. The summed E-state index contributed by atoms with van der Waals surface area (Å²) in [7, 11) is 0. The van der Waals surface area contributed by atoms with E-state index in [-0.39, 0.29) is 16.1 Å². The number of imide groups is 1. The van der Waals surface area contributed by atoms with Crippen molar-refractivity contribution in [2.75, 3.05) is 9.91 Å². The average Bonchev–Trinajstić information content (AvgIpc) is 3.26. The van der Waals surface area contributed by atoms with E-state index >= 15 is 0 Å². The molecule has 3 amide bonds. The average molecular weight is 457 g/mol. The fourth-order valence-corrected chi connectivity index (χ4v) is 4.81. The number of anilines is 2. The molecule has 0 aromatic heterocycles. The Morgan fingerprint density at radius 2 is 1.42 bits per heavy atom. The Kier molecular flexibility index (Phi) is 5.11. The molecule has 7 nitrogen and oxygen atoms in total. The van der Waals surface area contributed by atoms with Gasteiger partial charge < -0.3 is 0 Å². The highest BCUT2D eigenvalue weighted by Crippen LogP contribution is 2.35. The Labute approximate surface area is 195 Å². The van der Waals surface area contributed by atoms with Crippen LogP contribution in [0.25, 0.3) is 0 Å². The number of hydrazine groups is 1. The van der Waals surface area contributed by atoms with Crippen LogP contribution in [0.2, 0.25) is 0 Å². The van der Waals surface area contributed by atoms with Gasteiger partial charge in [-0.15, -0.1) is 0 Å². The van der Waals surface area contributed by atoms with Crippen molar-refractivity contribution in [1.29, 1.82) is 0 Å². The van der Waals surface area contributed by atoms with Gasteiger partial charge in [-0.1, -0.05) is 54.2 Å². The minimum Gasteiger partial charge on any atom is -0.268 e. The molecule has 5 rings (SSSR count). The van der Waals surface area contributed by atoms with E-state index in [2.05, 4.69) is 10.4 Å². The third-order valence-corrected chi connectivity index (χ3v) is 6.36. The lowest BCUT2D eigenvalue weighted by Crippen LogP contribution is -2.42. The van der Waals surface area contributed by atoms with Gasteiger partial charge in [-0.05, 0) is 50.2 Å². The minimum absolute atomic E-state index is 0.179. The van der Waals surface area contributed by atoms with Crippen LogP contribution in [0.1, 0.15) is 44.9 Å². The summed E-state index contributed by atoms with van der Waals surface area (Å²) < 4.78 is 0. The van der Waals surface area contributed by atoms with Gasteiger partial charge in [-0.2, -0.15) is 4.99 Å². The smallest absolute Gasteiger partial charge is 0.268 e. The molecule has 1 fully saturated rings. The van der Waals surface area contributed by atoms with E-state index in [1.165, 1.54) is 11.8 Å². The largest absolute Gasteiger partial charge is 0.281 e. The minimum atomic E-state index is -0.537. The standard InChI is InChI=1S/C25H20N4O3S/c1-25(2)27-29(16-10-4-3-5-11-16)24(33-25)26-21(30)19-14-8-9-15-20(19)28-22(31)17-12-6-7-13-18(17)23(28)32/h3-15,27H,1-2H3. The van der Waals surface area contributed by atoms with Crippen molar-refractivity contribution in [3.05, 3.63) is 95.6 Å². The zero-order valence-electron chi connectivity index (χ0n) is 18.0. The molecule has 3 aromatic carbocycles. The number of thioether (sulfide) groups is 1. The van der Waals surface area contributed by atoms with Crippen molar-refractivity contribution in [1.82, 2.24) is 5.43 Å². The van der Waals surface area contributed by atoms with E-state index in [1.54, 1.807) is 53.5 Å². The van der Waals surface area contributed by atoms with Gasteiger partial charge in [0.1, 0.15) is 0 Å². The number of amidine groups is 1. The van der Waals surface area contributed by atoms with E-state index in [0.29, 0.717) is 16.3 Å². The first-order chi connectivity index (χ1) is 15.9. The summed E-state index contributed by atoms with van der Waals surface area (Å²) in [5, 5.41) is 2.25. The van der Waals surface area contributed by atoms with E-state index in [4.69, 9.17) is 0 Å².